The van der Waals surface area contributed by atoms with Gasteiger partial charge in [-0.25, -0.2) is 0 Å². The maximum absolute atomic E-state index is 5.75. The fraction of sp³-hybridized carbons (Fsp3) is 0.840. The monoisotopic (exact) mass is 702 g/mol. The zero-order valence-electron chi connectivity index (χ0n) is 36.1. The normalized spacial score (nSPS) is 34.0. The lowest BCUT2D eigenvalue weighted by molar-refractivity contribution is 0.0753. The third-order valence-electron chi connectivity index (χ3n) is 15.8. The molecule has 0 heterocycles. The molecule has 12 atom stereocenters. The molecule has 0 aromatic heterocycles. The third-order valence-corrected chi connectivity index (χ3v) is 15.8. The van der Waals surface area contributed by atoms with E-state index < -0.39 is 0 Å². The molecular formula is C50H87N. The van der Waals surface area contributed by atoms with Crippen LogP contribution in [0.25, 0.3) is 0 Å². The Hall–Kier alpha value is -1.26. The Labute approximate surface area is 320 Å². The molecule has 1 heteroatoms. The van der Waals surface area contributed by atoms with Crippen LogP contribution in [0.2, 0.25) is 0 Å². The summed E-state index contributed by atoms with van der Waals surface area (Å²) < 4.78 is 0. The Morgan fingerprint density at radius 1 is 0.882 bits per heavy atom. The van der Waals surface area contributed by atoms with Crippen LogP contribution in [-0.2, 0) is 0 Å². The highest BCUT2D eigenvalue weighted by Gasteiger charge is 2.45. The molecule has 0 aromatic carbocycles. The van der Waals surface area contributed by atoms with Crippen molar-refractivity contribution in [3.63, 3.8) is 0 Å². The second kappa shape index (κ2) is 20.4. The van der Waals surface area contributed by atoms with Gasteiger partial charge in [0.15, 0.2) is 0 Å². The number of hydrogen-bond acceptors (Lipinski definition) is 1. The van der Waals surface area contributed by atoms with Gasteiger partial charge in [-0.05, 0) is 160 Å². The molecule has 1 N–H and O–H groups in total. The fourth-order valence-corrected chi connectivity index (χ4v) is 11.9. The SMILES string of the molecule is C#CCNC1C=CC(C)(C(C)CC(C)CC(CC)C(=C)C(C)CC(C)C2CCCC(C(CC)C(=C)C)C2)CC1(C)CCC(C)C1CCC(C)CC1. The maximum Gasteiger partial charge on any atom is 0.0578 e. The van der Waals surface area contributed by atoms with Crippen LogP contribution in [0.1, 0.15) is 179 Å². The molecule has 1 nitrogen and oxygen atoms in total. The second-order valence-electron chi connectivity index (χ2n) is 20.1. The van der Waals surface area contributed by atoms with Crippen LogP contribution in [-0.4, -0.2) is 12.6 Å². The highest BCUT2D eigenvalue weighted by atomic mass is 14.9. The topological polar surface area (TPSA) is 12.0 Å². The van der Waals surface area contributed by atoms with Crippen molar-refractivity contribution in [3.8, 4) is 12.3 Å². The summed E-state index contributed by atoms with van der Waals surface area (Å²) in [7, 11) is 0. The first kappa shape index (κ1) is 44.1. The molecule has 0 aromatic rings. The molecule has 3 rings (SSSR count). The highest BCUT2D eigenvalue weighted by molar-refractivity contribution is 5.17. The van der Waals surface area contributed by atoms with Crippen LogP contribution in [0.3, 0.4) is 0 Å². The van der Waals surface area contributed by atoms with E-state index in [1.807, 2.05) is 0 Å². The second-order valence-corrected chi connectivity index (χ2v) is 20.1. The van der Waals surface area contributed by atoms with Crippen molar-refractivity contribution in [1.29, 1.82) is 0 Å². The minimum absolute atomic E-state index is 0.209. The molecule has 0 saturated heterocycles. The molecular weight excluding hydrogens is 615 g/mol. The van der Waals surface area contributed by atoms with Crippen molar-refractivity contribution in [2.45, 2.75) is 185 Å². The molecule has 51 heavy (non-hydrogen) atoms. The van der Waals surface area contributed by atoms with E-state index in [0.717, 1.165) is 35.5 Å². The van der Waals surface area contributed by atoms with Crippen molar-refractivity contribution in [2.75, 3.05) is 6.54 Å². The lowest BCUT2D eigenvalue weighted by Crippen LogP contribution is -2.49. The smallest absolute Gasteiger partial charge is 0.0578 e. The van der Waals surface area contributed by atoms with Crippen LogP contribution >= 0.6 is 0 Å². The third kappa shape index (κ3) is 12.4. The van der Waals surface area contributed by atoms with E-state index in [4.69, 9.17) is 13.0 Å². The number of nitrogens with one attached hydrogen (secondary N) is 1. The lowest BCUT2D eigenvalue weighted by Gasteiger charge is -2.50. The maximum atomic E-state index is 5.75. The molecule has 0 amide bonds. The molecule has 3 aliphatic carbocycles. The first-order valence-electron chi connectivity index (χ1n) is 22.3. The number of rotatable bonds is 20. The summed E-state index contributed by atoms with van der Waals surface area (Å²) in [5.74, 6) is 11.3. The van der Waals surface area contributed by atoms with Crippen LogP contribution in [0.5, 0.6) is 0 Å². The van der Waals surface area contributed by atoms with E-state index in [-0.39, 0.29) is 10.8 Å². The standard InChI is InChI=1S/C50H87N/c1-15-29-51-48-26-28-49(13,34-50(48,14)27-25-38(8)44-23-21-36(6)22-24-44)41(11)30-37(7)31-43(16-2)42(12)39(9)32-40(10)45-19-18-20-46(33-45)47(17-3)35(4)5/h1,26,28,36-41,43-48,51H,4,12,16-25,27,29-34H2,2-3,5-11,13-14H3. The van der Waals surface area contributed by atoms with Gasteiger partial charge in [0, 0.05) is 6.04 Å². The number of terminal acetylenes is 1. The Bertz CT molecular complexity index is 1130. The summed E-state index contributed by atoms with van der Waals surface area (Å²) in [4.78, 5) is 0. The molecule has 2 fully saturated rings. The number of allylic oxidation sites excluding steroid dienone is 3. The van der Waals surface area contributed by atoms with E-state index in [2.05, 4.69) is 106 Å². The van der Waals surface area contributed by atoms with E-state index in [9.17, 15) is 0 Å². The molecule has 0 spiro atoms. The summed E-state index contributed by atoms with van der Waals surface area (Å²) in [6.45, 7) is 37.1. The Kier molecular flexibility index (Phi) is 17.7. The van der Waals surface area contributed by atoms with E-state index in [1.54, 1.807) is 0 Å². The van der Waals surface area contributed by atoms with Crippen molar-refractivity contribution in [1.82, 2.24) is 5.32 Å². The molecule has 0 bridgehead atoms. The summed E-state index contributed by atoms with van der Waals surface area (Å²) in [6, 6.07) is 0.361. The molecule has 3 aliphatic rings. The Morgan fingerprint density at radius 3 is 2.16 bits per heavy atom. The van der Waals surface area contributed by atoms with Gasteiger partial charge >= 0.3 is 0 Å². The van der Waals surface area contributed by atoms with Crippen molar-refractivity contribution in [2.24, 2.45) is 75.9 Å². The minimum atomic E-state index is 0.209. The van der Waals surface area contributed by atoms with Gasteiger partial charge in [0.2, 0.25) is 0 Å². The van der Waals surface area contributed by atoms with Crippen molar-refractivity contribution in [3.05, 3.63) is 36.5 Å². The quantitative estimate of drug-likeness (QED) is 0.0984. The van der Waals surface area contributed by atoms with E-state index >= 15 is 0 Å². The molecule has 12 unspecified atom stereocenters. The van der Waals surface area contributed by atoms with Gasteiger partial charge in [-0.3, -0.25) is 5.32 Å². The average Bonchev–Trinajstić information content (AvgIpc) is 3.09. The largest absolute Gasteiger partial charge is 0.299 e. The summed E-state index contributed by atoms with van der Waals surface area (Å²) in [6.07, 6.45) is 32.4. The van der Waals surface area contributed by atoms with Gasteiger partial charge in [0.25, 0.3) is 0 Å². The average molecular weight is 702 g/mol. The van der Waals surface area contributed by atoms with Crippen LogP contribution in [0.15, 0.2) is 36.5 Å². The van der Waals surface area contributed by atoms with Crippen LogP contribution in [0.4, 0.5) is 0 Å². The van der Waals surface area contributed by atoms with Gasteiger partial charge in [-0.2, -0.15) is 0 Å². The van der Waals surface area contributed by atoms with Crippen molar-refractivity contribution >= 4 is 0 Å². The lowest BCUT2D eigenvalue weighted by atomic mass is 9.57. The summed E-state index contributed by atoms with van der Waals surface area (Å²) in [5, 5.41) is 3.76. The number of hydrogen-bond donors (Lipinski definition) is 1. The highest BCUT2D eigenvalue weighted by Crippen LogP contribution is 2.52. The first-order valence-corrected chi connectivity index (χ1v) is 22.3. The van der Waals surface area contributed by atoms with Gasteiger partial charge in [-0.15, -0.1) is 6.42 Å². The van der Waals surface area contributed by atoms with Crippen LogP contribution in [0, 0.1) is 88.3 Å². The predicted molar refractivity (Wildman–Crippen MR) is 228 cm³/mol. The van der Waals surface area contributed by atoms with Gasteiger partial charge in [0.05, 0.1) is 6.54 Å². The summed E-state index contributed by atoms with van der Waals surface area (Å²) in [5.41, 5.74) is 3.37. The molecule has 292 valence electrons. The van der Waals surface area contributed by atoms with Crippen LogP contribution < -0.4 is 5.32 Å². The fourth-order valence-electron chi connectivity index (χ4n) is 11.9. The summed E-state index contributed by atoms with van der Waals surface area (Å²) >= 11 is 0. The molecule has 0 aliphatic heterocycles. The zero-order valence-corrected chi connectivity index (χ0v) is 36.1. The first-order chi connectivity index (χ1) is 24.1. The Morgan fingerprint density at radius 2 is 1.55 bits per heavy atom. The Balaban J connectivity index is 1.59. The van der Waals surface area contributed by atoms with E-state index in [1.165, 1.54) is 114 Å². The van der Waals surface area contributed by atoms with Gasteiger partial charge < -0.3 is 0 Å². The zero-order chi connectivity index (χ0) is 37.9. The van der Waals surface area contributed by atoms with Gasteiger partial charge in [-0.1, -0.05) is 137 Å². The van der Waals surface area contributed by atoms with E-state index in [0.29, 0.717) is 42.2 Å². The molecule has 0 radical (unpaired) electrons. The predicted octanol–water partition coefficient (Wildman–Crippen LogP) is 14.5. The van der Waals surface area contributed by atoms with Crippen molar-refractivity contribution < 1.29 is 0 Å². The van der Waals surface area contributed by atoms with Gasteiger partial charge in [0.1, 0.15) is 0 Å². The molecule has 2 saturated carbocycles. The minimum Gasteiger partial charge on any atom is -0.299 e.